The third-order valence-electron chi connectivity index (χ3n) is 4.33. The van der Waals surface area contributed by atoms with Crippen LogP contribution in [0.4, 0.5) is 0 Å². The van der Waals surface area contributed by atoms with Crippen molar-refractivity contribution in [1.29, 1.82) is 0 Å². The van der Waals surface area contributed by atoms with Gasteiger partial charge >= 0.3 is 0 Å². The molecule has 4 unspecified atom stereocenters. The Morgan fingerprint density at radius 3 is 2.79 bits per heavy atom. The van der Waals surface area contributed by atoms with Crippen LogP contribution in [0.15, 0.2) is 0 Å². The van der Waals surface area contributed by atoms with Gasteiger partial charge in [-0.15, -0.1) is 11.6 Å². The maximum Gasteiger partial charge on any atom is 0.0724 e. The minimum atomic E-state index is 0.127. The molecule has 0 aromatic heterocycles. The van der Waals surface area contributed by atoms with Gasteiger partial charge in [-0.3, -0.25) is 0 Å². The van der Waals surface area contributed by atoms with Crippen molar-refractivity contribution in [2.24, 2.45) is 11.8 Å². The Hall–Kier alpha value is 0.250. The molecule has 2 fully saturated rings. The highest BCUT2D eigenvalue weighted by Crippen LogP contribution is 2.45. The van der Waals surface area contributed by atoms with Gasteiger partial charge in [0.25, 0.3) is 0 Å². The van der Waals surface area contributed by atoms with Crippen molar-refractivity contribution in [3.05, 3.63) is 0 Å². The molecule has 2 rings (SSSR count). The smallest absolute Gasteiger partial charge is 0.0724 e. The van der Waals surface area contributed by atoms with E-state index in [1.165, 1.54) is 19.3 Å². The van der Waals surface area contributed by atoms with Crippen LogP contribution >= 0.6 is 11.6 Å². The lowest BCUT2D eigenvalue weighted by Crippen LogP contribution is -2.49. The molecule has 0 amide bonds. The van der Waals surface area contributed by atoms with Gasteiger partial charge in [-0.2, -0.15) is 0 Å². The van der Waals surface area contributed by atoms with Gasteiger partial charge in [-0.05, 0) is 31.1 Å². The minimum absolute atomic E-state index is 0.127. The number of hydrogen-bond acceptors (Lipinski definition) is 1. The van der Waals surface area contributed by atoms with E-state index in [2.05, 4.69) is 13.8 Å². The molecule has 1 saturated carbocycles. The third kappa shape index (κ3) is 1.81. The highest BCUT2D eigenvalue weighted by Gasteiger charge is 2.45. The molecule has 0 aromatic rings. The van der Waals surface area contributed by atoms with Crippen LogP contribution in [0.5, 0.6) is 0 Å². The van der Waals surface area contributed by atoms with Crippen molar-refractivity contribution in [2.45, 2.75) is 56.9 Å². The summed E-state index contributed by atoms with van der Waals surface area (Å²) in [5.74, 6) is 1.48. The molecule has 0 bridgehead atoms. The monoisotopic (exact) mass is 216 g/mol. The molecule has 4 atom stereocenters. The zero-order valence-corrected chi connectivity index (χ0v) is 10.0. The van der Waals surface area contributed by atoms with Crippen LogP contribution in [0, 0.1) is 11.8 Å². The summed E-state index contributed by atoms with van der Waals surface area (Å²) in [5, 5.41) is 0.344. The van der Waals surface area contributed by atoms with Crippen LogP contribution in [0.25, 0.3) is 0 Å². The number of alkyl halides is 1. The topological polar surface area (TPSA) is 9.23 Å². The highest BCUT2D eigenvalue weighted by atomic mass is 35.5. The van der Waals surface area contributed by atoms with E-state index in [1.807, 2.05) is 0 Å². The molecule has 0 aromatic carbocycles. The highest BCUT2D eigenvalue weighted by molar-refractivity contribution is 6.20. The van der Waals surface area contributed by atoms with E-state index in [0.29, 0.717) is 11.3 Å². The first-order valence-corrected chi connectivity index (χ1v) is 6.36. The van der Waals surface area contributed by atoms with Crippen LogP contribution in [-0.2, 0) is 4.74 Å². The summed E-state index contributed by atoms with van der Waals surface area (Å²) < 4.78 is 6.08. The maximum atomic E-state index is 6.27. The van der Waals surface area contributed by atoms with Gasteiger partial charge in [0.05, 0.1) is 5.60 Å². The second-order valence-electron chi connectivity index (χ2n) is 5.16. The first-order valence-electron chi connectivity index (χ1n) is 5.92. The Bertz CT molecular complexity index is 200. The quantitative estimate of drug-likeness (QED) is 0.563. The van der Waals surface area contributed by atoms with Gasteiger partial charge in [0.1, 0.15) is 0 Å². The van der Waals surface area contributed by atoms with Crippen molar-refractivity contribution in [3.8, 4) is 0 Å². The van der Waals surface area contributed by atoms with E-state index < -0.39 is 0 Å². The third-order valence-corrected chi connectivity index (χ3v) is 4.70. The molecule has 2 aliphatic rings. The van der Waals surface area contributed by atoms with Crippen molar-refractivity contribution in [1.82, 2.24) is 0 Å². The molecular weight excluding hydrogens is 196 g/mol. The second-order valence-corrected chi connectivity index (χ2v) is 5.78. The summed E-state index contributed by atoms with van der Waals surface area (Å²) in [6.45, 7) is 5.57. The van der Waals surface area contributed by atoms with Crippen LogP contribution in [0.1, 0.15) is 46.0 Å². The summed E-state index contributed by atoms with van der Waals surface area (Å²) in [7, 11) is 0. The van der Waals surface area contributed by atoms with Gasteiger partial charge in [-0.25, -0.2) is 0 Å². The molecule has 14 heavy (non-hydrogen) atoms. The van der Waals surface area contributed by atoms with E-state index in [9.17, 15) is 0 Å². The molecule has 1 heterocycles. The minimum Gasteiger partial charge on any atom is -0.375 e. The van der Waals surface area contributed by atoms with Crippen molar-refractivity contribution in [2.75, 3.05) is 6.61 Å². The molecule has 82 valence electrons. The molecular formula is C12H21ClO. The first-order chi connectivity index (χ1) is 6.64. The summed E-state index contributed by atoms with van der Waals surface area (Å²) in [6.07, 6.45) is 6.00. The average Bonchev–Trinajstić information content (AvgIpc) is 2.14. The van der Waals surface area contributed by atoms with Gasteiger partial charge in [0.15, 0.2) is 0 Å². The van der Waals surface area contributed by atoms with Crippen LogP contribution < -0.4 is 0 Å². The van der Waals surface area contributed by atoms with Crippen LogP contribution in [0.3, 0.4) is 0 Å². The Kier molecular flexibility index (Phi) is 3.09. The molecule has 0 N–H and O–H groups in total. The normalized spacial score (nSPS) is 49.5. The van der Waals surface area contributed by atoms with Crippen LogP contribution in [-0.4, -0.2) is 17.6 Å². The number of ether oxygens (including phenoxy) is 1. The molecule has 1 saturated heterocycles. The lowest BCUT2D eigenvalue weighted by Gasteiger charge is -2.49. The summed E-state index contributed by atoms with van der Waals surface area (Å²) in [6, 6.07) is 0. The second kappa shape index (κ2) is 4.02. The Labute approximate surface area is 92.2 Å². The average molecular weight is 217 g/mol. The molecule has 2 heteroatoms. The van der Waals surface area contributed by atoms with E-state index in [0.717, 1.165) is 25.4 Å². The molecule has 1 aliphatic carbocycles. The Balaban J connectivity index is 2.11. The fraction of sp³-hybridized carbons (Fsp3) is 1.00. The molecule has 1 spiro atoms. The zero-order valence-electron chi connectivity index (χ0n) is 9.26. The summed E-state index contributed by atoms with van der Waals surface area (Å²) >= 11 is 6.27. The maximum absolute atomic E-state index is 6.27. The van der Waals surface area contributed by atoms with E-state index in [4.69, 9.17) is 16.3 Å². The van der Waals surface area contributed by atoms with E-state index in [-0.39, 0.29) is 5.60 Å². The van der Waals surface area contributed by atoms with E-state index >= 15 is 0 Å². The lowest BCUT2D eigenvalue weighted by atomic mass is 9.67. The Morgan fingerprint density at radius 1 is 1.29 bits per heavy atom. The lowest BCUT2D eigenvalue weighted by molar-refractivity contribution is -0.142. The van der Waals surface area contributed by atoms with Gasteiger partial charge in [-0.1, -0.05) is 26.7 Å². The van der Waals surface area contributed by atoms with Gasteiger partial charge in [0.2, 0.25) is 0 Å². The zero-order chi connectivity index (χ0) is 10.2. The summed E-state index contributed by atoms with van der Waals surface area (Å²) in [4.78, 5) is 0. The van der Waals surface area contributed by atoms with Gasteiger partial charge in [0, 0.05) is 12.0 Å². The SMILES string of the molecule is CC1CCCC2(CC(Cl)CCO2)C1C. The predicted octanol–water partition coefficient (Wildman–Crippen LogP) is 3.60. The van der Waals surface area contributed by atoms with Crippen LogP contribution in [0.2, 0.25) is 0 Å². The number of rotatable bonds is 0. The molecule has 1 aliphatic heterocycles. The van der Waals surface area contributed by atoms with Gasteiger partial charge < -0.3 is 4.74 Å². The number of hydrogen-bond donors (Lipinski definition) is 0. The van der Waals surface area contributed by atoms with E-state index in [1.54, 1.807) is 0 Å². The first kappa shape index (κ1) is 10.8. The fourth-order valence-corrected chi connectivity index (χ4v) is 3.49. The summed E-state index contributed by atoms with van der Waals surface area (Å²) in [5.41, 5.74) is 0.127. The molecule has 1 nitrogen and oxygen atoms in total. The fourth-order valence-electron chi connectivity index (χ4n) is 3.14. The van der Waals surface area contributed by atoms with Crippen molar-refractivity contribution in [3.63, 3.8) is 0 Å². The largest absolute Gasteiger partial charge is 0.375 e. The standard InChI is InChI=1S/C12H21ClO/c1-9-4-3-6-12(10(9)2)8-11(13)5-7-14-12/h9-11H,3-8H2,1-2H3. The van der Waals surface area contributed by atoms with Crippen molar-refractivity contribution < 1.29 is 4.74 Å². The van der Waals surface area contributed by atoms with Crippen molar-refractivity contribution >= 4 is 11.6 Å². The number of halogens is 1. The molecule has 0 radical (unpaired) electrons. The predicted molar refractivity (Wildman–Crippen MR) is 59.7 cm³/mol. The Morgan fingerprint density at radius 2 is 2.07 bits per heavy atom.